The molecule has 9 nitrogen and oxygen atoms in total. The molecule has 1 saturated carbocycles. The van der Waals surface area contributed by atoms with Crippen molar-refractivity contribution in [3.8, 4) is 22.8 Å². The predicted octanol–water partition coefficient (Wildman–Crippen LogP) is 4.82. The molecule has 13 heteroatoms. The van der Waals surface area contributed by atoms with E-state index in [0.717, 1.165) is 29.3 Å². The third-order valence-corrected chi connectivity index (χ3v) is 6.89. The molecule has 1 aliphatic carbocycles. The number of hydrogen-bond donors (Lipinski definition) is 0. The second-order valence-electron chi connectivity index (χ2n) is 9.62. The first-order valence-electron chi connectivity index (χ1n) is 12.3. The summed E-state index contributed by atoms with van der Waals surface area (Å²) in [6, 6.07) is 6.76. The number of amides is 1. The Kier molecular flexibility index (Phi) is 5.88. The Balaban J connectivity index is 1.32. The lowest BCUT2D eigenvalue weighted by Crippen LogP contribution is -2.37. The Morgan fingerprint density at radius 1 is 1.10 bits per heavy atom. The molecule has 1 fully saturated rings. The van der Waals surface area contributed by atoms with Crippen LogP contribution in [0.1, 0.15) is 47.8 Å². The molecule has 1 amide bonds. The maximum Gasteiger partial charge on any atom is 0.435 e. The van der Waals surface area contributed by atoms with Gasteiger partial charge < -0.3 is 4.74 Å². The number of fused-ring (bicyclic) bond motifs is 1. The van der Waals surface area contributed by atoms with Crippen molar-refractivity contribution in [2.75, 3.05) is 12.0 Å². The summed E-state index contributed by atoms with van der Waals surface area (Å²) >= 11 is 0. The summed E-state index contributed by atoms with van der Waals surface area (Å²) in [5.41, 5.74) is 1.52. The zero-order chi connectivity index (χ0) is 27.5. The van der Waals surface area contributed by atoms with Gasteiger partial charge in [-0.3, -0.25) is 9.69 Å². The van der Waals surface area contributed by atoms with Crippen LogP contribution in [-0.2, 0) is 24.1 Å². The number of alkyl halides is 3. The molecule has 0 bridgehead atoms. The number of benzene rings is 1. The van der Waals surface area contributed by atoms with Gasteiger partial charge in [-0.15, -0.1) is 0 Å². The summed E-state index contributed by atoms with van der Waals surface area (Å²) in [4.78, 5) is 23.2. The summed E-state index contributed by atoms with van der Waals surface area (Å²) in [7, 11) is 1.53. The number of halogens is 4. The van der Waals surface area contributed by atoms with Crippen LogP contribution in [0.25, 0.3) is 16.9 Å². The highest BCUT2D eigenvalue weighted by Gasteiger charge is 2.35. The molecule has 2 aliphatic rings. The standard InChI is InChI=1S/C26H23F4N7O2/c1-14-9-20(26(28,29)30)34-37(14)19-6-3-15(10-17(19)27)12-35-21-11-18(33-36(21)8-7-22(35)38)23-24(16-4-5-16)31-13-32-25(23)39-2/h3,6,9-11,13,16H,4-5,7-8,12H2,1-2H3. The topological polar surface area (TPSA) is 91.0 Å². The number of carbonyl (C=O) groups is 1. The molecule has 0 saturated heterocycles. The molecule has 1 aliphatic heterocycles. The third kappa shape index (κ3) is 4.51. The minimum Gasteiger partial charge on any atom is -0.480 e. The van der Waals surface area contributed by atoms with E-state index in [0.29, 0.717) is 41.0 Å². The highest BCUT2D eigenvalue weighted by Crippen LogP contribution is 2.46. The van der Waals surface area contributed by atoms with Crippen molar-refractivity contribution < 1.29 is 27.1 Å². The molecule has 0 spiro atoms. The van der Waals surface area contributed by atoms with E-state index in [1.807, 2.05) is 0 Å². The van der Waals surface area contributed by atoms with Crippen molar-refractivity contribution >= 4 is 11.7 Å². The molecule has 39 heavy (non-hydrogen) atoms. The number of aryl methyl sites for hydroxylation is 2. The molecule has 0 N–H and O–H groups in total. The Labute approximate surface area is 220 Å². The number of nitrogens with zero attached hydrogens (tertiary/aromatic N) is 7. The first-order chi connectivity index (χ1) is 18.6. The third-order valence-electron chi connectivity index (χ3n) is 6.89. The van der Waals surface area contributed by atoms with Crippen LogP contribution in [0.15, 0.2) is 36.7 Å². The van der Waals surface area contributed by atoms with Gasteiger partial charge in [0.15, 0.2) is 5.69 Å². The maximum atomic E-state index is 15.1. The van der Waals surface area contributed by atoms with Crippen LogP contribution in [0.4, 0.5) is 23.4 Å². The zero-order valence-corrected chi connectivity index (χ0v) is 21.0. The molecule has 4 aromatic rings. The van der Waals surface area contributed by atoms with Crippen LogP contribution in [0, 0.1) is 12.7 Å². The molecule has 0 radical (unpaired) electrons. The normalized spacial score (nSPS) is 15.5. The van der Waals surface area contributed by atoms with Gasteiger partial charge in [0.25, 0.3) is 0 Å². The van der Waals surface area contributed by atoms with Gasteiger partial charge in [-0.2, -0.15) is 23.4 Å². The fourth-order valence-corrected chi connectivity index (χ4v) is 4.85. The average molecular weight is 542 g/mol. The lowest BCUT2D eigenvalue weighted by molar-refractivity contribution is -0.141. The number of methoxy groups -OCH3 is 1. The summed E-state index contributed by atoms with van der Waals surface area (Å²) < 4.78 is 62.4. The van der Waals surface area contributed by atoms with E-state index in [4.69, 9.17) is 9.84 Å². The SMILES string of the molecule is COc1ncnc(C2CC2)c1-c1cc2n(n1)CCC(=O)N2Cc1ccc(-n2nc(C(F)(F)F)cc2C)c(F)c1. The van der Waals surface area contributed by atoms with Gasteiger partial charge in [0.05, 0.1) is 31.5 Å². The molecule has 4 heterocycles. The zero-order valence-electron chi connectivity index (χ0n) is 21.0. The van der Waals surface area contributed by atoms with E-state index in [2.05, 4.69) is 15.1 Å². The molecule has 0 unspecified atom stereocenters. The van der Waals surface area contributed by atoms with Crippen molar-refractivity contribution in [2.45, 2.75) is 51.4 Å². The van der Waals surface area contributed by atoms with E-state index in [1.54, 1.807) is 16.8 Å². The van der Waals surface area contributed by atoms with E-state index < -0.39 is 17.7 Å². The first kappa shape index (κ1) is 25.0. The van der Waals surface area contributed by atoms with Crippen molar-refractivity contribution in [1.82, 2.24) is 29.5 Å². The van der Waals surface area contributed by atoms with Gasteiger partial charge >= 0.3 is 6.18 Å². The van der Waals surface area contributed by atoms with Gasteiger partial charge in [-0.1, -0.05) is 6.07 Å². The highest BCUT2D eigenvalue weighted by molar-refractivity contribution is 5.94. The van der Waals surface area contributed by atoms with Crippen LogP contribution in [0.5, 0.6) is 5.88 Å². The Morgan fingerprint density at radius 3 is 2.56 bits per heavy atom. The predicted molar refractivity (Wildman–Crippen MR) is 131 cm³/mol. The van der Waals surface area contributed by atoms with Crippen LogP contribution in [0.3, 0.4) is 0 Å². The number of aromatic nitrogens is 6. The van der Waals surface area contributed by atoms with Crippen LogP contribution < -0.4 is 9.64 Å². The second kappa shape index (κ2) is 9.17. The smallest absolute Gasteiger partial charge is 0.435 e. The first-order valence-corrected chi connectivity index (χ1v) is 12.3. The van der Waals surface area contributed by atoms with Gasteiger partial charge in [-0.25, -0.2) is 23.7 Å². The van der Waals surface area contributed by atoms with Crippen LogP contribution >= 0.6 is 0 Å². The Morgan fingerprint density at radius 2 is 1.90 bits per heavy atom. The highest BCUT2D eigenvalue weighted by atomic mass is 19.4. The number of anilines is 1. The minimum atomic E-state index is -4.64. The molecule has 0 atom stereocenters. The van der Waals surface area contributed by atoms with E-state index >= 15 is 4.39 Å². The number of ether oxygens (including phenoxy) is 1. The minimum absolute atomic E-state index is 0.0466. The number of carbonyl (C=O) groups excluding carboxylic acids is 1. The number of rotatable bonds is 6. The molecular weight excluding hydrogens is 518 g/mol. The van der Waals surface area contributed by atoms with Crippen molar-refractivity contribution in [3.05, 3.63) is 65.1 Å². The van der Waals surface area contributed by atoms with Gasteiger partial charge in [0.1, 0.15) is 29.3 Å². The second-order valence-corrected chi connectivity index (χ2v) is 9.62. The van der Waals surface area contributed by atoms with Gasteiger partial charge in [0, 0.05) is 24.1 Å². The summed E-state index contributed by atoms with van der Waals surface area (Å²) in [5, 5.41) is 8.24. The van der Waals surface area contributed by atoms with E-state index in [9.17, 15) is 18.0 Å². The molecule has 202 valence electrons. The summed E-state index contributed by atoms with van der Waals surface area (Å²) in [5.74, 6) is 0.332. The Hall–Kier alpha value is -4.29. The monoisotopic (exact) mass is 541 g/mol. The van der Waals surface area contributed by atoms with Crippen LogP contribution in [-0.4, -0.2) is 42.5 Å². The fraction of sp³-hybridized carbons (Fsp3) is 0.346. The quantitative estimate of drug-likeness (QED) is 0.326. The van der Waals surface area contributed by atoms with E-state index in [-0.39, 0.29) is 30.3 Å². The Bertz CT molecular complexity index is 1590. The van der Waals surface area contributed by atoms with Crippen LogP contribution in [0.2, 0.25) is 0 Å². The molecule has 6 rings (SSSR count). The number of hydrogen-bond acceptors (Lipinski definition) is 6. The van der Waals surface area contributed by atoms with Crippen molar-refractivity contribution in [2.24, 2.45) is 0 Å². The fourth-order valence-electron chi connectivity index (χ4n) is 4.85. The maximum absolute atomic E-state index is 15.1. The van der Waals surface area contributed by atoms with Gasteiger partial charge in [0.2, 0.25) is 11.8 Å². The van der Waals surface area contributed by atoms with E-state index in [1.165, 1.54) is 37.4 Å². The molecule has 1 aromatic carbocycles. The average Bonchev–Trinajstić information content (AvgIpc) is 3.54. The molecular formula is C26H23F4N7O2. The molecule has 3 aromatic heterocycles. The largest absolute Gasteiger partial charge is 0.480 e. The summed E-state index contributed by atoms with van der Waals surface area (Å²) in [6.45, 7) is 1.85. The van der Waals surface area contributed by atoms with Crippen molar-refractivity contribution in [3.63, 3.8) is 0 Å². The lowest BCUT2D eigenvalue weighted by atomic mass is 10.1. The summed E-state index contributed by atoms with van der Waals surface area (Å²) in [6.07, 6.45) is -0.933. The van der Waals surface area contributed by atoms with Gasteiger partial charge in [-0.05, 0) is 43.5 Å². The van der Waals surface area contributed by atoms with Crippen molar-refractivity contribution in [1.29, 1.82) is 0 Å². The lowest BCUT2D eigenvalue weighted by Gasteiger charge is -2.27.